The number of primary amides is 2. The average Bonchev–Trinajstić information content (AvgIpc) is 0.878. The third-order valence-electron chi connectivity index (χ3n) is 23.0. The Morgan fingerprint density at radius 2 is 0.463 bits per heavy atom. The lowest BCUT2D eigenvalue weighted by Crippen LogP contribution is -2.47. The van der Waals surface area contributed by atoms with Crippen molar-refractivity contribution in [2.24, 2.45) is 49.9 Å². The lowest BCUT2D eigenvalue weighted by molar-refractivity contribution is -0.142. The molecule has 32 heteroatoms. The number of amides is 8. The predicted molar refractivity (Wildman–Crippen MR) is 547 cm³/mol. The van der Waals surface area contributed by atoms with Gasteiger partial charge in [-0.3, -0.25) is 82.1 Å². The molecule has 794 valence electrons. The Kier molecular flexibility index (Phi) is 67.3. The number of carboxylic acid groups (broad SMARTS) is 2. The van der Waals surface area contributed by atoms with Gasteiger partial charge in [0.25, 0.3) is 5.91 Å². The fourth-order valence-corrected chi connectivity index (χ4v) is 11.6. The Balaban J connectivity index is -0.000000367. The predicted octanol–water partition coefficient (Wildman–Crippen LogP) is 12.4. The number of likely N-dealkylation sites (N-methyl/N-ethyl adjacent to an activating group) is 6. The fourth-order valence-electron chi connectivity index (χ4n) is 11.6. The Morgan fingerprint density at radius 3 is 0.657 bits per heavy atom. The number of carbonyl (C=O) groups is 11. The van der Waals surface area contributed by atoms with E-state index in [2.05, 4.69) is 182 Å². The second-order valence-corrected chi connectivity index (χ2v) is 47.8. The molecule has 0 aliphatic carbocycles. The summed E-state index contributed by atoms with van der Waals surface area (Å²) in [5, 5.41) is 35.0. The molecule has 0 aliphatic heterocycles. The van der Waals surface area contributed by atoms with Crippen LogP contribution in [0.2, 0.25) is 0 Å². The maximum atomic E-state index is 12.7. The van der Waals surface area contributed by atoms with Crippen molar-refractivity contribution in [3.05, 3.63) is 0 Å². The second kappa shape index (κ2) is 65.0. The fraction of sp³-hybridized carbons (Fsp3) is 0.892. The van der Waals surface area contributed by atoms with Crippen LogP contribution in [0.25, 0.3) is 0 Å². The van der Waals surface area contributed by atoms with Gasteiger partial charge in [-0.1, -0.05) is 138 Å². The molecule has 8 amide bonds. The number of rotatable bonds is 50. The minimum Gasteiger partial charge on any atom is -0.481 e. The van der Waals surface area contributed by atoms with Crippen molar-refractivity contribution in [2.75, 3.05) is 213 Å². The van der Waals surface area contributed by atoms with Crippen molar-refractivity contribution in [1.82, 2.24) is 58.8 Å². The molecule has 0 spiro atoms. The molecular weight excluding hydrogens is 1710 g/mol. The number of hydrogen-bond acceptors (Lipinski definition) is 22. The molecule has 0 aliphatic rings. The zero-order valence-electron chi connectivity index (χ0n) is 93.9. The number of carboxylic acids is 2. The average molecular weight is 1920 g/mol. The molecule has 0 radical (unpaired) electrons. The zero-order chi connectivity index (χ0) is 107. The number of carbonyl (C=O) groups excluding carboxylic acids is 9. The molecule has 0 bridgehead atoms. The van der Waals surface area contributed by atoms with Crippen LogP contribution in [-0.2, 0) is 67.0 Å². The largest absolute Gasteiger partial charge is 0.481 e. The van der Waals surface area contributed by atoms with E-state index in [9.17, 15) is 52.7 Å². The van der Waals surface area contributed by atoms with Crippen LogP contribution in [0.1, 0.15) is 314 Å². The first-order valence-electron chi connectivity index (χ1n) is 48.8. The summed E-state index contributed by atoms with van der Waals surface area (Å²) in [7, 11) is 12.3. The summed E-state index contributed by atoms with van der Waals surface area (Å²) in [5.41, 5.74) is 8.01. The van der Waals surface area contributed by atoms with Crippen LogP contribution < -0.4 is 11.5 Å². The van der Waals surface area contributed by atoms with Gasteiger partial charge in [0.15, 0.2) is 0 Å². The minimum atomic E-state index is -0.911. The molecule has 0 aromatic rings. The number of aliphatic hydroxyl groups is 2. The highest BCUT2D eigenvalue weighted by Crippen LogP contribution is 2.26. The number of Topliss-reactive ketones (excluding diaryl/α,β-unsaturated/α-hetero) is 1. The summed E-state index contributed by atoms with van der Waals surface area (Å²) in [6.45, 7) is 89.7. The number of aliphatic carboxylic acids is 2. The second-order valence-electron chi connectivity index (χ2n) is 47.8. The number of nitrogens with zero attached hydrogens (tertiary/aromatic N) is 12. The number of ether oxygens (including phenoxy) is 3. The van der Waals surface area contributed by atoms with Gasteiger partial charge in [-0.05, 0) is 199 Å². The van der Waals surface area contributed by atoms with Gasteiger partial charge in [0.05, 0.1) is 58.8 Å². The van der Waals surface area contributed by atoms with E-state index in [0.29, 0.717) is 150 Å². The summed E-state index contributed by atoms with van der Waals surface area (Å²) in [4.78, 5) is 154. The molecule has 0 aromatic carbocycles. The molecule has 0 fully saturated rings. The summed E-state index contributed by atoms with van der Waals surface area (Å²) in [6, 6.07) is 0. The maximum absolute atomic E-state index is 12.7. The molecular formula is C102H208N14O18. The van der Waals surface area contributed by atoms with Gasteiger partial charge < -0.3 is 75.5 Å². The van der Waals surface area contributed by atoms with E-state index in [0.717, 1.165) is 52.1 Å². The minimum absolute atomic E-state index is 0.0139. The van der Waals surface area contributed by atoms with Crippen molar-refractivity contribution in [3.8, 4) is 0 Å². The number of aliphatic hydroxyl groups excluding tert-OH is 2. The first-order valence-corrected chi connectivity index (χ1v) is 48.8. The van der Waals surface area contributed by atoms with Gasteiger partial charge in [-0.25, -0.2) is 0 Å². The van der Waals surface area contributed by atoms with Crippen LogP contribution in [0.5, 0.6) is 0 Å². The van der Waals surface area contributed by atoms with Crippen molar-refractivity contribution < 1.29 is 87.4 Å². The molecule has 8 N–H and O–H groups in total. The molecule has 0 saturated heterocycles. The summed E-state index contributed by atoms with van der Waals surface area (Å²) < 4.78 is 16.0. The molecule has 0 unspecified atom stereocenters. The number of nitrogens with two attached hydrogens (primary N) is 2. The van der Waals surface area contributed by atoms with Crippen molar-refractivity contribution in [2.45, 2.75) is 347 Å². The highest BCUT2D eigenvalue weighted by molar-refractivity contribution is 6.35. The highest BCUT2D eigenvalue weighted by Gasteiger charge is 2.35. The quantitative estimate of drug-likeness (QED) is 0.0243. The van der Waals surface area contributed by atoms with Crippen LogP contribution in [0, 0.1) is 38.4 Å². The third kappa shape index (κ3) is 69.7. The van der Waals surface area contributed by atoms with Crippen LogP contribution >= 0.6 is 0 Å². The van der Waals surface area contributed by atoms with E-state index >= 15 is 0 Å². The highest BCUT2D eigenvalue weighted by atomic mass is 16.5. The van der Waals surface area contributed by atoms with Crippen LogP contribution in [0.4, 0.5) is 0 Å². The van der Waals surface area contributed by atoms with Crippen LogP contribution in [0.15, 0.2) is 0 Å². The van der Waals surface area contributed by atoms with E-state index in [-0.39, 0.29) is 107 Å². The molecule has 0 aromatic heterocycles. The van der Waals surface area contributed by atoms with Crippen molar-refractivity contribution in [3.63, 3.8) is 0 Å². The van der Waals surface area contributed by atoms with Gasteiger partial charge in [-0.15, -0.1) is 0 Å². The summed E-state index contributed by atoms with van der Waals surface area (Å²) in [5.74, 6) is -3.00. The van der Waals surface area contributed by atoms with Crippen LogP contribution in [0.3, 0.4) is 0 Å². The maximum Gasteiger partial charge on any atom is 0.306 e. The molecule has 0 rings (SSSR count). The molecule has 0 saturated carbocycles. The monoisotopic (exact) mass is 1920 g/mol. The van der Waals surface area contributed by atoms with Gasteiger partial charge in [0.2, 0.25) is 47.1 Å². The standard InChI is InChI=1S/C19H38N2O3.C18H38N2O4.C17H33N3O3.C16H33N3O2.C16H34N2O3.C16H32N2O3/c1-15(16(22)23)11-9-10-12-21(17(24)18(2,3)4)14-13-20(8)19(5,6)7;1-17(2,3)16(22)20(9-8-19(7)18(4,5)6)10-12-23-14-15-24-13-11-21;1-16(2,3)15(23)20(10-8-9-13(21)14(18)22)12-11-19(7)17(4,5)6;1-15(2,3)14(21)19(10-8-9-13(17)20)12-11-18(7)16(4,5)6;1-15(2,3)14(20)18(10-12-21-13-11-19)9-8-17(7)16(4,5)6;1-15(2,3)14(21)18(10-8-9-13(19)20)12-11-17(7)16(4,5)6/h15H,9-14H2,1-8H3,(H,22,23);21H,8-15H2,1-7H3;8-12H2,1-7H3,(H2,18,22);8-12H2,1-7H3,(H2,17,20);19H,8-13H2,1-7H3;8-12H2,1-7H3,(H,19,20)/t15-;;;;;/m0...../s1. The SMILES string of the molecule is CN(CCN(CCCC(=O)C(N)=O)C(=O)C(C)(C)C)C(C)(C)C.CN(CCN(CCCC(=O)O)C(=O)C(C)(C)C)C(C)(C)C.CN(CCN(CCCC(N)=O)C(=O)C(C)(C)C)C(C)(C)C.CN(CCN(CCOCCO)C(=O)C(C)(C)C)C(C)(C)C.CN(CCN(CCOCCOCCO)C(=O)C(C)(C)C)C(C)(C)C.C[C@@H](CCCCN(CCN(C)C(C)(C)C)C(=O)C(C)(C)C)C(=O)O. The van der Waals surface area contributed by atoms with Gasteiger partial charge in [0, 0.05) is 203 Å². The Labute approximate surface area is 817 Å². The zero-order valence-corrected chi connectivity index (χ0v) is 93.9. The summed E-state index contributed by atoms with van der Waals surface area (Å²) >= 11 is 0. The number of hydrogen-bond donors (Lipinski definition) is 6. The Morgan fingerprint density at radius 1 is 0.261 bits per heavy atom. The number of ketones is 1. The molecule has 134 heavy (non-hydrogen) atoms. The lowest BCUT2D eigenvalue weighted by atomic mass is 9.94. The normalized spacial score (nSPS) is 12.8. The Hall–Kier alpha value is -6.07. The smallest absolute Gasteiger partial charge is 0.306 e. The number of unbranched alkanes of at least 4 members (excludes halogenated alkanes) is 1. The van der Waals surface area contributed by atoms with Gasteiger partial charge >= 0.3 is 11.9 Å². The van der Waals surface area contributed by atoms with E-state index in [4.69, 9.17) is 46.1 Å². The Bertz CT molecular complexity index is 3240. The van der Waals surface area contributed by atoms with Crippen molar-refractivity contribution >= 4 is 65.0 Å². The molecule has 1 atom stereocenters. The van der Waals surface area contributed by atoms with Crippen molar-refractivity contribution in [1.29, 1.82) is 0 Å². The third-order valence-corrected chi connectivity index (χ3v) is 23.0. The van der Waals surface area contributed by atoms with Crippen LogP contribution in [-0.4, -0.2) is 390 Å². The van der Waals surface area contributed by atoms with E-state index in [1.807, 2.05) is 158 Å². The van der Waals surface area contributed by atoms with Gasteiger partial charge in [-0.2, -0.15) is 0 Å². The van der Waals surface area contributed by atoms with E-state index in [1.54, 1.807) is 16.7 Å². The lowest BCUT2D eigenvalue weighted by Gasteiger charge is -2.35. The molecule has 32 nitrogen and oxygen atoms in total. The van der Waals surface area contributed by atoms with Gasteiger partial charge in [0.1, 0.15) is 0 Å². The van der Waals surface area contributed by atoms with E-state index < -0.39 is 56.1 Å². The topological polar surface area (TPSA) is 387 Å². The molecule has 0 heterocycles. The van der Waals surface area contributed by atoms with E-state index in [1.165, 1.54) is 0 Å². The summed E-state index contributed by atoms with van der Waals surface area (Å²) in [6.07, 6.45) is 4.41. The first-order chi connectivity index (χ1) is 60.2. The first kappa shape index (κ1) is 139.